The number of benzene rings is 1. The van der Waals surface area contributed by atoms with E-state index in [1.165, 1.54) is 0 Å². The molecule has 1 saturated carbocycles. The third kappa shape index (κ3) is 4.52. The summed E-state index contributed by atoms with van der Waals surface area (Å²) >= 11 is 6.56. The van der Waals surface area contributed by atoms with E-state index in [0.717, 1.165) is 18.4 Å². The third-order valence-corrected chi connectivity index (χ3v) is 6.29. The molecular weight excluding hydrogens is 402 g/mol. The highest BCUT2D eigenvalue weighted by atomic mass is 35.5. The smallest absolute Gasteiger partial charge is 0.258 e. The van der Waals surface area contributed by atoms with Gasteiger partial charge in [0.05, 0.1) is 23.8 Å². The summed E-state index contributed by atoms with van der Waals surface area (Å²) in [6.45, 7) is 6.75. The van der Waals surface area contributed by atoms with Crippen LogP contribution in [-0.2, 0) is 11.3 Å². The van der Waals surface area contributed by atoms with Crippen LogP contribution in [0.15, 0.2) is 30.3 Å². The Labute approximate surface area is 182 Å². The molecule has 1 aliphatic heterocycles. The first-order valence-electron chi connectivity index (χ1n) is 10.5. The number of aryl methyl sites for hydroxylation is 1. The maximum Gasteiger partial charge on any atom is 0.258 e. The number of aromatic nitrogens is 2. The first kappa shape index (κ1) is 20.9. The van der Waals surface area contributed by atoms with Crippen molar-refractivity contribution in [3.8, 4) is 0 Å². The second kappa shape index (κ2) is 8.78. The molecule has 1 aliphatic carbocycles. The molecule has 2 heterocycles. The molecule has 1 aromatic carbocycles. The quantitative estimate of drug-likeness (QED) is 0.765. The lowest BCUT2D eigenvalue weighted by Gasteiger charge is -2.37. The van der Waals surface area contributed by atoms with Crippen LogP contribution in [0.2, 0.25) is 5.15 Å². The summed E-state index contributed by atoms with van der Waals surface area (Å²) in [5, 5.41) is 7.93. The van der Waals surface area contributed by atoms with Crippen LogP contribution in [0.5, 0.6) is 0 Å². The van der Waals surface area contributed by atoms with Gasteiger partial charge in [0.25, 0.3) is 5.91 Å². The van der Waals surface area contributed by atoms with Gasteiger partial charge in [-0.05, 0) is 32.3 Å². The van der Waals surface area contributed by atoms with Crippen LogP contribution in [0.1, 0.15) is 41.4 Å². The van der Waals surface area contributed by atoms with Crippen molar-refractivity contribution in [2.45, 2.75) is 45.3 Å². The lowest BCUT2D eigenvalue weighted by molar-refractivity contribution is -0.126. The van der Waals surface area contributed by atoms with E-state index in [0.29, 0.717) is 55.2 Å². The lowest BCUT2D eigenvalue weighted by atomic mass is 10.1. The minimum atomic E-state index is -0.179. The van der Waals surface area contributed by atoms with Crippen LogP contribution in [0, 0.1) is 6.92 Å². The minimum Gasteiger partial charge on any atom is -0.352 e. The second-order valence-corrected chi connectivity index (χ2v) is 8.54. The molecule has 7 nitrogen and oxygen atoms in total. The summed E-state index contributed by atoms with van der Waals surface area (Å²) < 4.78 is 1.68. The average Bonchev–Trinajstić information content (AvgIpc) is 3.52. The first-order chi connectivity index (χ1) is 14.4. The molecule has 4 rings (SSSR count). The van der Waals surface area contributed by atoms with Crippen LogP contribution >= 0.6 is 11.6 Å². The van der Waals surface area contributed by atoms with E-state index in [1.807, 2.05) is 49.1 Å². The summed E-state index contributed by atoms with van der Waals surface area (Å²) in [4.78, 5) is 29.4. The zero-order valence-electron chi connectivity index (χ0n) is 17.5. The Kier molecular flexibility index (Phi) is 6.11. The number of halogens is 1. The molecule has 0 bridgehead atoms. The minimum absolute atomic E-state index is 0.0818. The zero-order valence-corrected chi connectivity index (χ0v) is 18.2. The molecule has 2 aliphatic rings. The molecule has 2 amide bonds. The van der Waals surface area contributed by atoms with Crippen molar-refractivity contribution >= 4 is 23.4 Å². The predicted molar refractivity (Wildman–Crippen MR) is 116 cm³/mol. The normalized spacial score (nSPS) is 18.3. The van der Waals surface area contributed by atoms with Gasteiger partial charge in [-0.2, -0.15) is 5.10 Å². The van der Waals surface area contributed by atoms with E-state index < -0.39 is 0 Å². The molecular formula is C22H28ClN5O2. The Balaban J connectivity index is 1.38. The first-order valence-corrected chi connectivity index (χ1v) is 10.9. The van der Waals surface area contributed by atoms with Crippen molar-refractivity contribution in [2.75, 3.05) is 26.2 Å². The van der Waals surface area contributed by atoms with Crippen molar-refractivity contribution in [1.82, 2.24) is 24.9 Å². The van der Waals surface area contributed by atoms with Crippen molar-refractivity contribution in [1.29, 1.82) is 0 Å². The molecule has 0 radical (unpaired) electrons. The number of hydrogen-bond acceptors (Lipinski definition) is 4. The number of carbonyl (C=O) groups is 2. The molecule has 1 atom stereocenters. The molecule has 1 N–H and O–H groups in total. The topological polar surface area (TPSA) is 70.5 Å². The highest BCUT2D eigenvalue weighted by Gasteiger charge is 2.32. The zero-order chi connectivity index (χ0) is 21.3. The van der Waals surface area contributed by atoms with Crippen LogP contribution < -0.4 is 5.32 Å². The Hall–Kier alpha value is -2.38. The standard InChI is InChI=1S/C22H28ClN5O2/c1-15-19(20(23)28(25-15)14-17-6-4-3-5-7-17)22(30)27-12-10-26(11-13-27)16(2)21(29)24-18-8-9-18/h3-7,16,18H,8-14H2,1-2H3,(H,24,29). The monoisotopic (exact) mass is 429 g/mol. The fourth-order valence-corrected chi connectivity index (χ4v) is 4.16. The number of hydrogen-bond donors (Lipinski definition) is 1. The highest BCUT2D eigenvalue weighted by Crippen LogP contribution is 2.24. The third-order valence-electron chi connectivity index (χ3n) is 5.91. The van der Waals surface area contributed by atoms with Crippen LogP contribution in [0.25, 0.3) is 0 Å². The number of piperazine rings is 1. The van der Waals surface area contributed by atoms with Crippen LogP contribution in [0.4, 0.5) is 0 Å². The van der Waals surface area contributed by atoms with Gasteiger partial charge in [-0.15, -0.1) is 0 Å². The molecule has 30 heavy (non-hydrogen) atoms. The van der Waals surface area contributed by atoms with Gasteiger partial charge in [-0.25, -0.2) is 4.68 Å². The summed E-state index contributed by atoms with van der Waals surface area (Å²) in [5.41, 5.74) is 2.19. The van der Waals surface area contributed by atoms with Gasteiger partial charge in [0, 0.05) is 32.2 Å². The van der Waals surface area contributed by atoms with Gasteiger partial charge < -0.3 is 10.2 Å². The highest BCUT2D eigenvalue weighted by molar-refractivity contribution is 6.33. The summed E-state index contributed by atoms with van der Waals surface area (Å²) in [6.07, 6.45) is 2.16. The molecule has 160 valence electrons. The van der Waals surface area contributed by atoms with Crippen molar-refractivity contribution in [3.05, 3.63) is 52.3 Å². The molecule has 0 spiro atoms. The van der Waals surface area contributed by atoms with Gasteiger partial charge in [-0.3, -0.25) is 14.5 Å². The molecule has 2 aromatic rings. The van der Waals surface area contributed by atoms with E-state index in [-0.39, 0.29) is 17.9 Å². The summed E-state index contributed by atoms with van der Waals surface area (Å²) in [5.74, 6) is -0.00935. The van der Waals surface area contributed by atoms with E-state index in [1.54, 1.807) is 4.68 Å². The number of nitrogens with one attached hydrogen (secondary N) is 1. The lowest BCUT2D eigenvalue weighted by Crippen LogP contribution is -2.55. The van der Waals surface area contributed by atoms with Gasteiger partial charge in [0.1, 0.15) is 5.15 Å². The van der Waals surface area contributed by atoms with Gasteiger partial charge in [0.2, 0.25) is 5.91 Å². The maximum atomic E-state index is 13.2. The van der Waals surface area contributed by atoms with Crippen molar-refractivity contribution in [2.24, 2.45) is 0 Å². The average molecular weight is 430 g/mol. The largest absolute Gasteiger partial charge is 0.352 e. The SMILES string of the molecule is Cc1nn(Cc2ccccc2)c(Cl)c1C(=O)N1CCN(C(C)C(=O)NC2CC2)CC1. The number of rotatable bonds is 6. The second-order valence-electron chi connectivity index (χ2n) is 8.18. The van der Waals surface area contributed by atoms with Crippen molar-refractivity contribution in [3.63, 3.8) is 0 Å². The predicted octanol–water partition coefficient (Wildman–Crippen LogP) is 2.32. The van der Waals surface area contributed by atoms with Crippen LogP contribution in [-0.4, -0.2) is 69.7 Å². The van der Waals surface area contributed by atoms with E-state index in [4.69, 9.17) is 11.6 Å². The van der Waals surface area contributed by atoms with Crippen LogP contribution in [0.3, 0.4) is 0 Å². The molecule has 8 heteroatoms. The number of amides is 2. The fraction of sp³-hybridized carbons (Fsp3) is 0.500. The van der Waals surface area contributed by atoms with Gasteiger partial charge in [-0.1, -0.05) is 41.9 Å². The maximum absolute atomic E-state index is 13.2. The van der Waals surface area contributed by atoms with E-state index >= 15 is 0 Å². The molecule has 1 aromatic heterocycles. The Morgan fingerprint density at radius 2 is 1.83 bits per heavy atom. The van der Waals surface area contributed by atoms with Crippen molar-refractivity contribution < 1.29 is 9.59 Å². The number of carbonyl (C=O) groups excluding carboxylic acids is 2. The summed E-state index contributed by atoms with van der Waals surface area (Å²) in [7, 11) is 0. The molecule has 1 saturated heterocycles. The van der Waals surface area contributed by atoms with Gasteiger partial charge >= 0.3 is 0 Å². The fourth-order valence-electron chi connectivity index (χ4n) is 3.84. The Morgan fingerprint density at radius 3 is 2.47 bits per heavy atom. The number of nitrogens with zero attached hydrogens (tertiary/aromatic N) is 4. The van der Waals surface area contributed by atoms with Gasteiger partial charge in [0.15, 0.2) is 0 Å². The Bertz CT molecular complexity index is 917. The Morgan fingerprint density at radius 1 is 1.17 bits per heavy atom. The molecule has 1 unspecified atom stereocenters. The van der Waals surface area contributed by atoms with E-state index in [2.05, 4.69) is 15.3 Å². The van der Waals surface area contributed by atoms with E-state index in [9.17, 15) is 9.59 Å². The molecule has 2 fully saturated rings. The summed E-state index contributed by atoms with van der Waals surface area (Å²) in [6, 6.07) is 10.1.